The molecule has 6 nitrogen and oxygen atoms in total. The van der Waals surface area contributed by atoms with Crippen LogP contribution in [0.3, 0.4) is 0 Å². The number of pyridine rings is 1. The lowest BCUT2D eigenvalue weighted by Gasteiger charge is -2.33. The Kier molecular flexibility index (Phi) is 7.99. The second-order valence-electron chi connectivity index (χ2n) is 7.26. The fraction of sp³-hybridized carbons (Fsp3) is 0.409. The van der Waals surface area contributed by atoms with Crippen LogP contribution < -0.4 is 10.1 Å². The molecule has 3 rings (SSSR count). The topological polar surface area (TPSA) is 71.5 Å². The molecule has 1 aromatic heterocycles. The fourth-order valence-corrected chi connectivity index (χ4v) is 4.47. The van der Waals surface area contributed by atoms with Crippen LogP contribution in [0.25, 0.3) is 0 Å². The molecule has 1 N–H and O–H groups in total. The number of methoxy groups -OCH3 is 1. The Morgan fingerprint density at radius 3 is 2.93 bits per heavy atom. The number of hydrogen-bond donors (Lipinski definition) is 1. The highest BCUT2D eigenvalue weighted by molar-refractivity contribution is 7.98. The van der Waals surface area contributed by atoms with Gasteiger partial charge in [0.05, 0.1) is 17.7 Å². The summed E-state index contributed by atoms with van der Waals surface area (Å²) in [5.74, 6) is 0.841. The summed E-state index contributed by atoms with van der Waals surface area (Å²) in [6.45, 7) is 1.41. The highest BCUT2D eigenvalue weighted by Gasteiger charge is 2.26. The van der Waals surface area contributed by atoms with Crippen molar-refractivity contribution in [3.05, 3.63) is 47.1 Å². The average molecular weight is 448 g/mol. The standard InChI is InChI=1S/C22H26ClN3O3S/c1-29-19-9-8-16(13-18(19)23)25-20(27)10-7-15-5-4-12-26(14-15)22(28)17-6-3-11-24-21(17)30-2/h3,6,8-9,11,13,15H,4-5,7,10,12,14H2,1-2H3,(H,25,27). The Morgan fingerprint density at radius 2 is 2.20 bits per heavy atom. The van der Waals surface area contributed by atoms with Crippen molar-refractivity contribution >= 4 is 40.9 Å². The van der Waals surface area contributed by atoms with Gasteiger partial charge in [-0.05, 0) is 61.8 Å². The summed E-state index contributed by atoms with van der Waals surface area (Å²) in [4.78, 5) is 31.5. The van der Waals surface area contributed by atoms with Crippen molar-refractivity contribution < 1.29 is 14.3 Å². The number of aromatic nitrogens is 1. The Hall–Kier alpha value is -2.25. The summed E-state index contributed by atoms with van der Waals surface area (Å²) >= 11 is 7.59. The number of benzene rings is 1. The largest absolute Gasteiger partial charge is 0.495 e. The van der Waals surface area contributed by atoms with Crippen LogP contribution in [0, 0.1) is 5.92 Å². The molecule has 0 bridgehead atoms. The number of ether oxygens (including phenoxy) is 1. The lowest BCUT2D eigenvalue weighted by molar-refractivity contribution is -0.116. The van der Waals surface area contributed by atoms with E-state index in [1.165, 1.54) is 11.8 Å². The van der Waals surface area contributed by atoms with Crippen molar-refractivity contribution in [2.75, 3.05) is 31.8 Å². The Bertz CT molecular complexity index is 909. The van der Waals surface area contributed by atoms with Gasteiger partial charge in [-0.15, -0.1) is 11.8 Å². The minimum atomic E-state index is -0.0587. The SMILES string of the molecule is COc1ccc(NC(=O)CCC2CCCN(C(=O)c3cccnc3SC)C2)cc1Cl. The molecule has 1 unspecified atom stereocenters. The van der Waals surface area contributed by atoms with Crippen molar-refractivity contribution in [3.63, 3.8) is 0 Å². The third-order valence-electron chi connectivity index (χ3n) is 5.22. The van der Waals surface area contributed by atoms with Gasteiger partial charge in [-0.2, -0.15) is 0 Å². The Labute approximate surface area is 186 Å². The lowest BCUT2D eigenvalue weighted by atomic mass is 9.93. The number of hydrogen-bond acceptors (Lipinski definition) is 5. The van der Waals surface area contributed by atoms with E-state index in [2.05, 4.69) is 10.3 Å². The molecule has 0 saturated carbocycles. The van der Waals surface area contributed by atoms with E-state index in [-0.39, 0.29) is 11.8 Å². The number of carbonyl (C=O) groups is 2. The first-order valence-electron chi connectivity index (χ1n) is 9.93. The number of likely N-dealkylation sites (tertiary alicyclic amines) is 1. The number of nitrogens with zero attached hydrogens (tertiary/aromatic N) is 2. The van der Waals surface area contributed by atoms with Crippen molar-refractivity contribution in [2.24, 2.45) is 5.92 Å². The van der Waals surface area contributed by atoms with Gasteiger partial charge in [0.15, 0.2) is 0 Å². The molecule has 2 amide bonds. The maximum Gasteiger partial charge on any atom is 0.256 e. The second-order valence-corrected chi connectivity index (χ2v) is 8.46. The molecule has 1 aromatic carbocycles. The molecule has 0 radical (unpaired) electrons. The van der Waals surface area contributed by atoms with Gasteiger partial charge in [0.2, 0.25) is 5.91 Å². The van der Waals surface area contributed by atoms with Crippen LogP contribution in [-0.4, -0.2) is 48.2 Å². The second kappa shape index (κ2) is 10.7. The summed E-state index contributed by atoms with van der Waals surface area (Å²) < 4.78 is 5.13. The van der Waals surface area contributed by atoms with Gasteiger partial charge in [0.1, 0.15) is 10.8 Å². The molecule has 2 aromatic rings. The van der Waals surface area contributed by atoms with Crippen LogP contribution in [0.5, 0.6) is 5.75 Å². The zero-order valence-corrected chi connectivity index (χ0v) is 18.8. The van der Waals surface area contributed by atoms with E-state index < -0.39 is 0 Å². The minimum Gasteiger partial charge on any atom is -0.495 e. The number of thioether (sulfide) groups is 1. The molecular formula is C22H26ClN3O3S. The highest BCUT2D eigenvalue weighted by atomic mass is 35.5. The zero-order valence-electron chi connectivity index (χ0n) is 17.2. The molecule has 0 spiro atoms. The van der Waals surface area contributed by atoms with Gasteiger partial charge in [0.25, 0.3) is 5.91 Å². The number of amides is 2. The van der Waals surface area contributed by atoms with Gasteiger partial charge in [-0.3, -0.25) is 9.59 Å². The summed E-state index contributed by atoms with van der Waals surface area (Å²) in [7, 11) is 1.55. The summed E-state index contributed by atoms with van der Waals surface area (Å²) in [6.07, 6.45) is 6.74. The van der Waals surface area contributed by atoms with Gasteiger partial charge in [0, 0.05) is 31.4 Å². The van der Waals surface area contributed by atoms with Crippen molar-refractivity contribution in [1.82, 2.24) is 9.88 Å². The number of carbonyl (C=O) groups excluding carboxylic acids is 2. The van der Waals surface area contributed by atoms with E-state index in [4.69, 9.17) is 16.3 Å². The van der Waals surface area contributed by atoms with Gasteiger partial charge < -0.3 is 15.0 Å². The minimum absolute atomic E-state index is 0.0227. The third kappa shape index (κ3) is 5.67. The number of piperidine rings is 1. The third-order valence-corrected chi connectivity index (χ3v) is 6.22. The van der Waals surface area contributed by atoms with Crippen LogP contribution in [-0.2, 0) is 4.79 Å². The van der Waals surface area contributed by atoms with Gasteiger partial charge in [-0.1, -0.05) is 11.6 Å². The predicted molar refractivity (Wildman–Crippen MR) is 121 cm³/mol. The molecule has 1 saturated heterocycles. The first-order valence-corrected chi connectivity index (χ1v) is 11.5. The van der Waals surface area contributed by atoms with Gasteiger partial charge in [-0.25, -0.2) is 4.98 Å². The molecule has 1 aliphatic heterocycles. The Morgan fingerprint density at radius 1 is 1.37 bits per heavy atom. The van der Waals surface area contributed by atoms with E-state index in [1.807, 2.05) is 17.2 Å². The predicted octanol–water partition coefficient (Wildman–Crippen LogP) is 4.74. The van der Waals surface area contributed by atoms with Crippen molar-refractivity contribution in [1.29, 1.82) is 0 Å². The maximum atomic E-state index is 13.0. The Balaban J connectivity index is 1.53. The molecular weight excluding hydrogens is 422 g/mol. The van der Waals surface area contributed by atoms with Crippen molar-refractivity contribution in [2.45, 2.75) is 30.7 Å². The summed E-state index contributed by atoms with van der Waals surface area (Å²) in [6, 6.07) is 8.80. The molecule has 0 aliphatic carbocycles. The van der Waals surface area contributed by atoms with E-state index in [0.29, 0.717) is 40.9 Å². The van der Waals surface area contributed by atoms with Crippen LogP contribution in [0.2, 0.25) is 5.02 Å². The van der Waals surface area contributed by atoms with E-state index in [0.717, 1.165) is 30.8 Å². The first kappa shape index (κ1) is 22.4. The number of halogens is 1. The molecule has 8 heteroatoms. The quantitative estimate of drug-likeness (QED) is 0.621. The van der Waals surface area contributed by atoms with Crippen LogP contribution in [0.1, 0.15) is 36.0 Å². The van der Waals surface area contributed by atoms with Crippen LogP contribution >= 0.6 is 23.4 Å². The summed E-state index contributed by atoms with van der Waals surface area (Å²) in [5, 5.41) is 4.09. The van der Waals surface area contributed by atoms with E-state index >= 15 is 0 Å². The maximum absolute atomic E-state index is 13.0. The highest BCUT2D eigenvalue weighted by Crippen LogP contribution is 2.28. The molecule has 1 fully saturated rings. The molecule has 30 heavy (non-hydrogen) atoms. The first-order chi connectivity index (χ1) is 14.5. The van der Waals surface area contributed by atoms with Crippen molar-refractivity contribution in [3.8, 4) is 5.75 Å². The monoisotopic (exact) mass is 447 g/mol. The number of anilines is 1. The van der Waals surface area contributed by atoms with Gasteiger partial charge >= 0.3 is 0 Å². The molecule has 1 atom stereocenters. The normalized spacial score (nSPS) is 16.2. The average Bonchev–Trinajstić information content (AvgIpc) is 2.77. The van der Waals surface area contributed by atoms with Crippen LogP contribution in [0.15, 0.2) is 41.6 Å². The molecule has 2 heterocycles. The number of rotatable bonds is 7. The number of nitrogens with one attached hydrogen (secondary N) is 1. The lowest BCUT2D eigenvalue weighted by Crippen LogP contribution is -2.40. The van der Waals surface area contributed by atoms with E-state index in [9.17, 15) is 9.59 Å². The smallest absolute Gasteiger partial charge is 0.256 e. The molecule has 160 valence electrons. The fourth-order valence-electron chi connectivity index (χ4n) is 3.67. The van der Waals surface area contributed by atoms with E-state index in [1.54, 1.807) is 37.6 Å². The molecule has 1 aliphatic rings. The zero-order chi connectivity index (χ0) is 21.5. The van der Waals surface area contributed by atoms with Crippen LogP contribution in [0.4, 0.5) is 5.69 Å². The summed E-state index contributed by atoms with van der Waals surface area (Å²) in [5.41, 5.74) is 1.30.